The quantitative estimate of drug-likeness (QED) is 0.509. The van der Waals surface area contributed by atoms with Crippen molar-refractivity contribution in [3.05, 3.63) is 47.5 Å². The summed E-state index contributed by atoms with van der Waals surface area (Å²) < 4.78 is 21.1. The molecule has 6 nitrogen and oxygen atoms in total. The lowest BCUT2D eigenvalue weighted by Crippen LogP contribution is -2.15. The zero-order valence-electron chi connectivity index (χ0n) is 18.2. The number of carbonyl (C=O) groups is 2. The van der Waals surface area contributed by atoms with Crippen LogP contribution in [0.4, 0.5) is 0 Å². The molecule has 0 aromatic heterocycles. The van der Waals surface area contributed by atoms with Gasteiger partial charge in [0.25, 0.3) is 0 Å². The Morgan fingerprint density at radius 3 is 1.40 bits per heavy atom. The van der Waals surface area contributed by atoms with E-state index in [1.807, 2.05) is 38.1 Å². The van der Waals surface area contributed by atoms with Crippen LogP contribution in [0.1, 0.15) is 38.8 Å². The van der Waals surface area contributed by atoms with Gasteiger partial charge in [0.15, 0.2) is 13.2 Å². The average molecular weight is 414 g/mol. The van der Waals surface area contributed by atoms with Crippen LogP contribution in [0.5, 0.6) is 11.5 Å². The van der Waals surface area contributed by atoms with E-state index in [-0.39, 0.29) is 25.2 Å². The van der Waals surface area contributed by atoms with E-state index in [9.17, 15) is 9.59 Å². The SMILES string of the molecule is CCOC(=O)COc1ccc(-c2ccc(OCC(=O)OCC)c(CC)c2)cc1CC. The largest absolute Gasteiger partial charge is 0.482 e. The molecular formula is C24H30O6. The second-order valence-corrected chi connectivity index (χ2v) is 6.54. The predicted molar refractivity (Wildman–Crippen MR) is 115 cm³/mol. The van der Waals surface area contributed by atoms with E-state index in [0.717, 1.165) is 35.1 Å². The molecule has 0 aliphatic rings. The van der Waals surface area contributed by atoms with E-state index in [1.165, 1.54) is 0 Å². The molecule has 0 radical (unpaired) electrons. The molecule has 0 saturated carbocycles. The van der Waals surface area contributed by atoms with Crippen LogP contribution in [0, 0.1) is 0 Å². The van der Waals surface area contributed by atoms with Crippen molar-refractivity contribution in [2.24, 2.45) is 0 Å². The molecule has 0 fully saturated rings. The zero-order valence-corrected chi connectivity index (χ0v) is 18.2. The second-order valence-electron chi connectivity index (χ2n) is 6.54. The van der Waals surface area contributed by atoms with E-state index < -0.39 is 0 Å². The molecule has 0 unspecified atom stereocenters. The van der Waals surface area contributed by atoms with Crippen molar-refractivity contribution in [3.63, 3.8) is 0 Å². The number of carbonyl (C=O) groups excluding carboxylic acids is 2. The Morgan fingerprint density at radius 1 is 0.667 bits per heavy atom. The zero-order chi connectivity index (χ0) is 21.9. The molecule has 0 heterocycles. The average Bonchev–Trinajstić information content (AvgIpc) is 2.76. The van der Waals surface area contributed by atoms with Gasteiger partial charge in [-0.1, -0.05) is 26.0 Å². The lowest BCUT2D eigenvalue weighted by molar-refractivity contribution is -0.146. The highest BCUT2D eigenvalue weighted by Gasteiger charge is 2.11. The van der Waals surface area contributed by atoms with Crippen molar-refractivity contribution in [2.45, 2.75) is 40.5 Å². The van der Waals surface area contributed by atoms with Gasteiger partial charge in [0.05, 0.1) is 13.2 Å². The summed E-state index contributed by atoms with van der Waals surface area (Å²) in [5.41, 5.74) is 4.11. The van der Waals surface area contributed by atoms with Gasteiger partial charge in [-0.05, 0) is 73.2 Å². The van der Waals surface area contributed by atoms with Crippen LogP contribution in [-0.2, 0) is 31.9 Å². The van der Waals surface area contributed by atoms with Gasteiger partial charge < -0.3 is 18.9 Å². The fourth-order valence-corrected chi connectivity index (χ4v) is 3.03. The minimum Gasteiger partial charge on any atom is -0.482 e. The van der Waals surface area contributed by atoms with E-state index in [4.69, 9.17) is 18.9 Å². The molecule has 2 rings (SSSR count). The minimum absolute atomic E-state index is 0.104. The third kappa shape index (κ3) is 6.51. The number of hydrogen-bond acceptors (Lipinski definition) is 6. The first kappa shape index (κ1) is 23.3. The van der Waals surface area contributed by atoms with Crippen molar-refractivity contribution in [1.29, 1.82) is 0 Å². The molecule has 0 aliphatic carbocycles. The van der Waals surface area contributed by atoms with Gasteiger partial charge in [0.1, 0.15) is 11.5 Å². The Kier molecular flexibility index (Phi) is 9.19. The molecule has 0 N–H and O–H groups in total. The summed E-state index contributed by atoms with van der Waals surface area (Å²) >= 11 is 0. The third-order valence-electron chi connectivity index (χ3n) is 4.52. The van der Waals surface area contributed by atoms with Crippen LogP contribution in [0.15, 0.2) is 36.4 Å². The highest BCUT2D eigenvalue weighted by molar-refractivity contribution is 5.72. The van der Waals surface area contributed by atoms with Crippen molar-refractivity contribution in [3.8, 4) is 22.6 Å². The van der Waals surface area contributed by atoms with Gasteiger partial charge in [0.2, 0.25) is 0 Å². The third-order valence-corrected chi connectivity index (χ3v) is 4.52. The fourth-order valence-electron chi connectivity index (χ4n) is 3.03. The number of hydrogen-bond donors (Lipinski definition) is 0. The van der Waals surface area contributed by atoms with Crippen LogP contribution in [0.2, 0.25) is 0 Å². The molecule has 2 aromatic carbocycles. The highest BCUT2D eigenvalue weighted by atomic mass is 16.6. The van der Waals surface area contributed by atoms with E-state index in [2.05, 4.69) is 12.1 Å². The van der Waals surface area contributed by atoms with Gasteiger partial charge in [-0.3, -0.25) is 0 Å². The lowest BCUT2D eigenvalue weighted by atomic mass is 9.98. The van der Waals surface area contributed by atoms with Crippen LogP contribution in [-0.4, -0.2) is 38.4 Å². The van der Waals surface area contributed by atoms with E-state index >= 15 is 0 Å². The van der Waals surface area contributed by atoms with E-state index in [0.29, 0.717) is 24.7 Å². The first-order valence-corrected chi connectivity index (χ1v) is 10.3. The van der Waals surface area contributed by atoms with Crippen molar-refractivity contribution in [1.82, 2.24) is 0 Å². The number of rotatable bonds is 11. The Bertz CT molecular complexity index is 787. The number of ether oxygens (including phenoxy) is 4. The maximum absolute atomic E-state index is 11.6. The summed E-state index contributed by atoms with van der Waals surface area (Å²) in [6.45, 7) is 8.07. The fraction of sp³-hybridized carbons (Fsp3) is 0.417. The molecule has 0 spiro atoms. The van der Waals surface area contributed by atoms with Crippen LogP contribution < -0.4 is 9.47 Å². The van der Waals surface area contributed by atoms with Crippen LogP contribution in [0.3, 0.4) is 0 Å². The molecule has 0 bridgehead atoms. The first-order valence-electron chi connectivity index (χ1n) is 10.3. The number of esters is 2. The molecule has 6 heteroatoms. The maximum Gasteiger partial charge on any atom is 0.344 e. The molecule has 2 aromatic rings. The van der Waals surface area contributed by atoms with E-state index in [1.54, 1.807) is 13.8 Å². The maximum atomic E-state index is 11.6. The van der Waals surface area contributed by atoms with Gasteiger partial charge >= 0.3 is 11.9 Å². The monoisotopic (exact) mass is 414 g/mol. The van der Waals surface area contributed by atoms with Crippen molar-refractivity contribution >= 4 is 11.9 Å². The normalized spacial score (nSPS) is 10.4. The van der Waals surface area contributed by atoms with Crippen molar-refractivity contribution in [2.75, 3.05) is 26.4 Å². The van der Waals surface area contributed by atoms with Gasteiger partial charge in [0, 0.05) is 0 Å². The summed E-state index contributed by atoms with van der Waals surface area (Å²) in [4.78, 5) is 23.1. The number of aryl methyl sites for hydroxylation is 2. The molecule has 0 aliphatic heterocycles. The molecule has 0 saturated heterocycles. The Morgan fingerprint density at radius 2 is 1.07 bits per heavy atom. The van der Waals surface area contributed by atoms with Gasteiger partial charge in [-0.2, -0.15) is 0 Å². The standard InChI is InChI=1S/C24H30O6/c1-5-17-13-19(9-11-21(17)29-15-23(25)27-7-3)20-10-12-22(18(6-2)14-20)30-16-24(26)28-8-4/h9-14H,5-8,15-16H2,1-4H3. The topological polar surface area (TPSA) is 71.1 Å². The Balaban J connectivity index is 2.17. The van der Waals surface area contributed by atoms with Crippen LogP contribution >= 0.6 is 0 Å². The summed E-state index contributed by atoms with van der Waals surface area (Å²) in [6, 6.07) is 11.8. The second kappa shape index (κ2) is 11.9. The smallest absolute Gasteiger partial charge is 0.344 e. The predicted octanol–water partition coefficient (Wildman–Crippen LogP) is 4.36. The summed E-state index contributed by atoms with van der Waals surface area (Å²) in [5.74, 6) is 0.600. The van der Waals surface area contributed by atoms with Gasteiger partial charge in [-0.25, -0.2) is 9.59 Å². The minimum atomic E-state index is -0.380. The Hall–Kier alpha value is -3.02. The highest BCUT2D eigenvalue weighted by Crippen LogP contribution is 2.31. The Labute approximate surface area is 178 Å². The van der Waals surface area contributed by atoms with Gasteiger partial charge in [-0.15, -0.1) is 0 Å². The number of benzene rings is 2. The summed E-state index contributed by atoms with van der Waals surface area (Å²) in [5, 5.41) is 0. The molecular weight excluding hydrogens is 384 g/mol. The molecule has 30 heavy (non-hydrogen) atoms. The summed E-state index contributed by atoms with van der Waals surface area (Å²) in [6.07, 6.45) is 1.54. The molecule has 0 atom stereocenters. The molecule has 0 amide bonds. The van der Waals surface area contributed by atoms with Crippen LogP contribution in [0.25, 0.3) is 11.1 Å². The van der Waals surface area contributed by atoms with Crippen molar-refractivity contribution < 1.29 is 28.5 Å². The summed E-state index contributed by atoms with van der Waals surface area (Å²) in [7, 11) is 0. The lowest BCUT2D eigenvalue weighted by Gasteiger charge is -2.14. The first-order chi connectivity index (χ1) is 14.5. The molecule has 162 valence electrons.